The van der Waals surface area contributed by atoms with Gasteiger partial charge in [0.2, 0.25) is 5.95 Å². The van der Waals surface area contributed by atoms with E-state index in [0.29, 0.717) is 42.7 Å². The second-order valence-electron chi connectivity index (χ2n) is 8.39. The highest BCUT2D eigenvalue weighted by molar-refractivity contribution is 5.98. The van der Waals surface area contributed by atoms with Crippen LogP contribution in [0, 0.1) is 11.9 Å². The van der Waals surface area contributed by atoms with Crippen molar-refractivity contribution in [1.82, 2.24) is 20.2 Å². The van der Waals surface area contributed by atoms with Gasteiger partial charge < -0.3 is 20.3 Å². The van der Waals surface area contributed by atoms with Crippen molar-refractivity contribution in [3.05, 3.63) is 41.7 Å². The van der Waals surface area contributed by atoms with Crippen LogP contribution in [0.4, 0.5) is 15.8 Å². The average Bonchev–Trinajstić information content (AvgIpc) is 3.64. The molecule has 1 saturated carbocycles. The van der Waals surface area contributed by atoms with Crippen LogP contribution in [-0.2, 0) is 11.3 Å². The van der Waals surface area contributed by atoms with Gasteiger partial charge >= 0.3 is 0 Å². The highest BCUT2D eigenvalue weighted by atomic mass is 19.1. The summed E-state index contributed by atoms with van der Waals surface area (Å²) in [4.78, 5) is 36.4. The SMILES string of the molecule is CNC(=O)c1ccc(N2CCN(Cc3cc4c(cn3)O[C@H](C3CC3)C(=O)N4)CC2)c(F)n1. The van der Waals surface area contributed by atoms with Crippen molar-refractivity contribution in [3.63, 3.8) is 0 Å². The number of anilines is 2. The molecule has 2 aromatic heterocycles. The number of ether oxygens (including phenoxy) is 1. The molecule has 1 saturated heterocycles. The predicted octanol–water partition coefficient (Wildman–Crippen LogP) is 1.41. The molecular formula is C22H25FN6O3. The third kappa shape index (κ3) is 4.10. The van der Waals surface area contributed by atoms with E-state index in [1.54, 1.807) is 12.3 Å². The van der Waals surface area contributed by atoms with Gasteiger partial charge in [0.25, 0.3) is 11.8 Å². The molecule has 2 N–H and O–H groups in total. The number of fused-ring (bicyclic) bond motifs is 1. The Kier molecular flexibility index (Phi) is 5.38. The standard InChI is InChI=1S/C22H25FN6O3/c1-24-21(30)15-4-5-17(20(23)26-15)29-8-6-28(7-9-29)12-14-10-16-18(11-25-14)32-19(13-2-3-13)22(31)27-16/h4-5,10-11,13,19H,2-3,6-9,12H2,1H3,(H,24,30)(H,27,31)/t19-/m1/s1. The summed E-state index contributed by atoms with van der Waals surface area (Å²) in [5, 5.41) is 5.39. The van der Waals surface area contributed by atoms with Gasteiger partial charge in [-0.15, -0.1) is 0 Å². The summed E-state index contributed by atoms with van der Waals surface area (Å²) in [6.45, 7) is 3.33. The monoisotopic (exact) mass is 440 g/mol. The van der Waals surface area contributed by atoms with Crippen LogP contribution in [0.15, 0.2) is 24.4 Å². The van der Waals surface area contributed by atoms with Gasteiger partial charge in [0.05, 0.1) is 23.3 Å². The first-order valence-corrected chi connectivity index (χ1v) is 10.8. The summed E-state index contributed by atoms with van der Waals surface area (Å²) < 4.78 is 20.3. The Bertz CT molecular complexity index is 1050. The fourth-order valence-electron chi connectivity index (χ4n) is 4.16. The number of aromatic nitrogens is 2. The van der Waals surface area contributed by atoms with E-state index < -0.39 is 18.0 Å². The molecule has 168 valence electrons. The van der Waals surface area contributed by atoms with Gasteiger partial charge in [0, 0.05) is 45.7 Å². The van der Waals surface area contributed by atoms with Crippen LogP contribution < -0.4 is 20.3 Å². The fourth-order valence-corrected chi connectivity index (χ4v) is 4.16. The summed E-state index contributed by atoms with van der Waals surface area (Å²) >= 11 is 0. The van der Waals surface area contributed by atoms with E-state index in [1.807, 2.05) is 11.0 Å². The van der Waals surface area contributed by atoms with Crippen LogP contribution in [0.3, 0.4) is 0 Å². The quantitative estimate of drug-likeness (QED) is 0.678. The normalized spacial score (nSPS) is 20.9. The lowest BCUT2D eigenvalue weighted by molar-refractivity contribution is -0.124. The van der Waals surface area contributed by atoms with E-state index in [2.05, 4.69) is 25.5 Å². The number of piperazine rings is 1. The molecule has 0 unspecified atom stereocenters. The molecule has 9 nitrogen and oxygen atoms in total. The Morgan fingerprint density at radius 2 is 2.06 bits per heavy atom. The molecule has 4 heterocycles. The van der Waals surface area contributed by atoms with Crippen LogP contribution in [0.1, 0.15) is 29.0 Å². The van der Waals surface area contributed by atoms with Crippen molar-refractivity contribution in [2.75, 3.05) is 43.4 Å². The maximum absolute atomic E-state index is 14.4. The molecule has 0 aromatic carbocycles. The predicted molar refractivity (Wildman–Crippen MR) is 115 cm³/mol. The third-order valence-electron chi connectivity index (χ3n) is 6.13. The summed E-state index contributed by atoms with van der Waals surface area (Å²) in [7, 11) is 1.48. The fraction of sp³-hybridized carbons (Fsp3) is 0.455. The number of pyridine rings is 2. The molecule has 5 rings (SSSR count). The lowest BCUT2D eigenvalue weighted by Crippen LogP contribution is -2.46. The summed E-state index contributed by atoms with van der Waals surface area (Å²) in [5.41, 5.74) is 1.97. The largest absolute Gasteiger partial charge is 0.476 e. The minimum Gasteiger partial charge on any atom is -0.476 e. The van der Waals surface area contributed by atoms with Gasteiger partial charge in [-0.1, -0.05) is 0 Å². The summed E-state index contributed by atoms with van der Waals surface area (Å²) in [6.07, 6.45) is 3.35. The van der Waals surface area contributed by atoms with Crippen molar-refractivity contribution in [2.24, 2.45) is 5.92 Å². The number of nitrogens with one attached hydrogen (secondary N) is 2. The zero-order valence-corrected chi connectivity index (χ0v) is 17.8. The van der Waals surface area contributed by atoms with E-state index in [0.717, 1.165) is 31.6 Å². The van der Waals surface area contributed by atoms with Crippen LogP contribution >= 0.6 is 0 Å². The van der Waals surface area contributed by atoms with Gasteiger partial charge in [-0.3, -0.25) is 19.5 Å². The lowest BCUT2D eigenvalue weighted by atomic mass is 10.1. The molecular weight excluding hydrogens is 415 g/mol. The summed E-state index contributed by atoms with van der Waals surface area (Å²) in [6, 6.07) is 5.00. The van der Waals surface area contributed by atoms with Crippen molar-refractivity contribution in [3.8, 4) is 5.75 Å². The van der Waals surface area contributed by atoms with Crippen LogP contribution in [0.25, 0.3) is 0 Å². The topological polar surface area (TPSA) is 99.7 Å². The van der Waals surface area contributed by atoms with Gasteiger partial charge in [-0.2, -0.15) is 4.39 Å². The second-order valence-corrected chi connectivity index (χ2v) is 8.39. The van der Waals surface area contributed by atoms with E-state index >= 15 is 0 Å². The first-order chi connectivity index (χ1) is 15.5. The molecule has 10 heteroatoms. The van der Waals surface area contributed by atoms with Gasteiger partial charge in [-0.25, -0.2) is 4.98 Å². The van der Waals surface area contributed by atoms with Gasteiger partial charge in [0.1, 0.15) is 5.69 Å². The second kappa shape index (κ2) is 8.34. The number of amides is 2. The number of rotatable bonds is 5. The Morgan fingerprint density at radius 1 is 1.28 bits per heavy atom. The van der Waals surface area contributed by atoms with E-state index in [9.17, 15) is 14.0 Å². The molecule has 1 atom stereocenters. The number of hydrogen-bond acceptors (Lipinski definition) is 7. The number of hydrogen-bond donors (Lipinski definition) is 2. The molecule has 2 amide bonds. The van der Waals surface area contributed by atoms with Gasteiger partial charge in [0.15, 0.2) is 11.9 Å². The third-order valence-corrected chi connectivity index (χ3v) is 6.13. The molecule has 2 fully saturated rings. The summed E-state index contributed by atoms with van der Waals surface area (Å²) in [5.74, 6) is -0.195. The molecule has 32 heavy (non-hydrogen) atoms. The minimum absolute atomic E-state index is 0.0605. The van der Waals surface area contributed by atoms with Gasteiger partial charge in [-0.05, 0) is 31.0 Å². The molecule has 1 aliphatic carbocycles. The van der Waals surface area contributed by atoms with E-state index in [1.165, 1.54) is 13.1 Å². The maximum Gasteiger partial charge on any atom is 0.269 e. The molecule has 3 aliphatic rings. The first kappa shape index (κ1) is 20.6. The Morgan fingerprint density at radius 3 is 2.75 bits per heavy atom. The zero-order chi connectivity index (χ0) is 22.2. The zero-order valence-electron chi connectivity index (χ0n) is 17.8. The molecule has 2 aliphatic heterocycles. The minimum atomic E-state index is -0.642. The van der Waals surface area contributed by atoms with Crippen molar-refractivity contribution >= 4 is 23.2 Å². The number of nitrogens with zero attached hydrogens (tertiary/aromatic N) is 4. The van der Waals surface area contributed by atoms with Crippen molar-refractivity contribution in [2.45, 2.75) is 25.5 Å². The Labute approximate surface area is 185 Å². The maximum atomic E-state index is 14.4. The Balaban J connectivity index is 1.19. The highest BCUT2D eigenvalue weighted by Gasteiger charge is 2.41. The van der Waals surface area contributed by atoms with Crippen molar-refractivity contribution < 1.29 is 18.7 Å². The van der Waals surface area contributed by atoms with Crippen LogP contribution in [0.2, 0.25) is 0 Å². The molecule has 2 aromatic rings. The first-order valence-electron chi connectivity index (χ1n) is 10.8. The number of carbonyl (C=O) groups is 2. The molecule has 0 radical (unpaired) electrons. The lowest BCUT2D eigenvalue weighted by Gasteiger charge is -2.36. The Hall–Kier alpha value is -3.27. The number of halogens is 1. The molecule has 0 spiro atoms. The van der Waals surface area contributed by atoms with E-state index in [4.69, 9.17) is 4.74 Å². The average molecular weight is 440 g/mol. The smallest absolute Gasteiger partial charge is 0.269 e. The highest BCUT2D eigenvalue weighted by Crippen LogP contribution is 2.39. The van der Waals surface area contributed by atoms with Crippen molar-refractivity contribution in [1.29, 1.82) is 0 Å². The van der Waals surface area contributed by atoms with E-state index in [-0.39, 0.29) is 11.6 Å². The molecule has 0 bridgehead atoms. The van der Waals surface area contributed by atoms with Crippen LogP contribution in [0.5, 0.6) is 5.75 Å². The van der Waals surface area contributed by atoms with Crippen LogP contribution in [-0.4, -0.2) is 66.0 Å². The number of carbonyl (C=O) groups excluding carboxylic acids is 2.